The molecule has 0 bridgehead atoms. The molecule has 104 valence electrons. The third-order valence-electron chi connectivity index (χ3n) is 4.57. The van der Waals surface area contributed by atoms with E-state index in [1.807, 2.05) is 6.92 Å². The van der Waals surface area contributed by atoms with Crippen molar-refractivity contribution < 1.29 is 9.90 Å². The molecule has 1 N–H and O–H groups in total. The van der Waals surface area contributed by atoms with Crippen LogP contribution in [0.2, 0.25) is 0 Å². The number of ketones is 1. The van der Waals surface area contributed by atoms with Crippen molar-refractivity contribution in [1.29, 1.82) is 0 Å². The molecular formula is C15H27NO2. The predicted octanol–water partition coefficient (Wildman–Crippen LogP) is 2.37. The highest BCUT2D eigenvalue weighted by Gasteiger charge is 2.28. The van der Waals surface area contributed by atoms with Crippen LogP contribution in [0, 0.1) is 5.92 Å². The Morgan fingerprint density at radius 1 is 1.22 bits per heavy atom. The van der Waals surface area contributed by atoms with Gasteiger partial charge in [-0.2, -0.15) is 0 Å². The highest BCUT2D eigenvalue weighted by Crippen LogP contribution is 2.25. The van der Waals surface area contributed by atoms with E-state index in [-0.39, 0.29) is 5.92 Å². The maximum Gasteiger partial charge on any atom is 0.137 e. The normalized spacial score (nSPS) is 36.1. The van der Waals surface area contributed by atoms with Gasteiger partial charge in [-0.3, -0.25) is 4.79 Å². The third-order valence-corrected chi connectivity index (χ3v) is 4.57. The van der Waals surface area contributed by atoms with E-state index in [2.05, 4.69) is 4.90 Å². The molecule has 2 aliphatic rings. The quantitative estimate of drug-likeness (QED) is 0.768. The minimum absolute atomic E-state index is 0.260. The second kappa shape index (κ2) is 6.16. The number of hydrogen-bond acceptors (Lipinski definition) is 3. The van der Waals surface area contributed by atoms with Crippen LogP contribution < -0.4 is 0 Å². The van der Waals surface area contributed by atoms with Crippen molar-refractivity contribution in [3.8, 4) is 0 Å². The minimum Gasteiger partial charge on any atom is -0.390 e. The first-order valence-corrected chi connectivity index (χ1v) is 7.54. The number of carbonyl (C=O) groups excluding carboxylic acids is 1. The first-order valence-electron chi connectivity index (χ1n) is 7.54. The van der Waals surface area contributed by atoms with Gasteiger partial charge in [0.2, 0.25) is 0 Å². The van der Waals surface area contributed by atoms with Crippen LogP contribution in [0.25, 0.3) is 0 Å². The Morgan fingerprint density at radius 2 is 2.06 bits per heavy atom. The van der Waals surface area contributed by atoms with Crippen molar-refractivity contribution >= 4 is 5.78 Å². The fourth-order valence-electron chi connectivity index (χ4n) is 3.24. The number of likely N-dealkylation sites (tertiary alicyclic amines) is 1. The van der Waals surface area contributed by atoms with Gasteiger partial charge in [-0.25, -0.2) is 0 Å². The van der Waals surface area contributed by atoms with E-state index in [1.165, 1.54) is 12.8 Å². The molecule has 1 saturated heterocycles. The van der Waals surface area contributed by atoms with Crippen molar-refractivity contribution in [3.63, 3.8) is 0 Å². The Labute approximate surface area is 111 Å². The molecular weight excluding hydrogens is 226 g/mol. The molecule has 3 nitrogen and oxygen atoms in total. The largest absolute Gasteiger partial charge is 0.390 e. The predicted molar refractivity (Wildman–Crippen MR) is 72.5 cm³/mol. The standard InChI is InChI=1S/C15H27NO2/c1-15(18)8-5-10-16(11-9-15)12-13-6-3-2-4-7-14(13)17/h13,18H,2-12H2,1H3. The highest BCUT2D eigenvalue weighted by atomic mass is 16.3. The molecule has 3 heteroatoms. The Morgan fingerprint density at radius 3 is 2.89 bits per heavy atom. The average Bonchev–Trinajstić information content (AvgIpc) is 2.60. The van der Waals surface area contributed by atoms with Crippen LogP contribution in [0.5, 0.6) is 0 Å². The zero-order valence-corrected chi connectivity index (χ0v) is 11.7. The van der Waals surface area contributed by atoms with Crippen LogP contribution >= 0.6 is 0 Å². The lowest BCUT2D eigenvalue weighted by Crippen LogP contribution is -2.34. The Hall–Kier alpha value is -0.410. The monoisotopic (exact) mass is 253 g/mol. The van der Waals surface area contributed by atoms with Gasteiger partial charge in [-0.1, -0.05) is 12.8 Å². The molecule has 0 spiro atoms. The second-order valence-corrected chi connectivity index (χ2v) is 6.41. The summed E-state index contributed by atoms with van der Waals surface area (Å²) in [5, 5.41) is 10.1. The molecule has 1 aliphatic heterocycles. The molecule has 1 saturated carbocycles. The zero-order valence-electron chi connectivity index (χ0n) is 11.7. The van der Waals surface area contributed by atoms with Crippen molar-refractivity contribution in [1.82, 2.24) is 4.90 Å². The van der Waals surface area contributed by atoms with Gasteiger partial charge in [0.1, 0.15) is 5.78 Å². The van der Waals surface area contributed by atoms with Gasteiger partial charge >= 0.3 is 0 Å². The van der Waals surface area contributed by atoms with Gasteiger partial charge in [-0.15, -0.1) is 0 Å². The molecule has 2 fully saturated rings. The fourth-order valence-corrected chi connectivity index (χ4v) is 3.24. The van der Waals surface area contributed by atoms with E-state index in [0.29, 0.717) is 5.78 Å². The van der Waals surface area contributed by atoms with Crippen molar-refractivity contribution in [3.05, 3.63) is 0 Å². The molecule has 1 heterocycles. The summed E-state index contributed by atoms with van der Waals surface area (Å²) in [7, 11) is 0. The summed E-state index contributed by atoms with van der Waals surface area (Å²) in [4.78, 5) is 14.4. The summed E-state index contributed by atoms with van der Waals surface area (Å²) in [6, 6.07) is 0. The maximum atomic E-state index is 12.0. The SMILES string of the molecule is CC1(O)CCCN(CC2CCCCCC2=O)CC1. The number of aliphatic hydroxyl groups is 1. The summed E-state index contributed by atoms with van der Waals surface area (Å²) in [6.45, 7) is 4.85. The van der Waals surface area contributed by atoms with Gasteiger partial charge in [0, 0.05) is 25.4 Å². The number of Topliss-reactive ketones (excluding diaryl/α,β-unsaturated/α-hetero) is 1. The molecule has 18 heavy (non-hydrogen) atoms. The highest BCUT2D eigenvalue weighted by molar-refractivity contribution is 5.81. The van der Waals surface area contributed by atoms with E-state index in [1.54, 1.807) is 0 Å². The fraction of sp³-hybridized carbons (Fsp3) is 0.933. The summed E-state index contributed by atoms with van der Waals surface area (Å²) < 4.78 is 0. The molecule has 0 aromatic carbocycles. The van der Waals surface area contributed by atoms with E-state index in [4.69, 9.17) is 0 Å². The third kappa shape index (κ3) is 4.06. The number of nitrogens with zero attached hydrogens (tertiary/aromatic N) is 1. The van der Waals surface area contributed by atoms with Gasteiger partial charge in [-0.05, 0) is 45.6 Å². The van der Waals surface area contributed by atoms with Crippen LogP contribution in [-0.2, 0) is 4.79 Å². The lowest BCUT2D eigenvalue weighted by atomic mass is 9.97. The molecule has 2 atom stereocenters. The molecule has 0 aromatic heterocycles. The van der Waals surface area contributed by atoms with E-state index in [9.17, 15) is 9.90 Å². The van der Waals surface area contributed by atoms with E-state index < -0.39 is 5.60 Å². The number of hydrogen-bond donors (Lipinski definition) is 1. The topological polar surface area (TPSA) is 40.5 Å². The van der Waals surface area contributed by atoms with Gasteiger partial charge in [0.05, 0.1) is 5.60 Å². The van der Waals surface area contributed by atoms with Crippen LogP contribution in [0.4, 0.5) is 0 Å². The zero-order chi connectivity index (χ0) is 13.0. The van der Waals surface area contributed by atoms with Gasteiger partial charge < -0.3 is 10.0 Å². The van der Waals surface area contributed by atoms with Crippen molar-refractivity contribution in [2.45, 2.75) is 63.9 Å². The van der Waals surface area contributed by atoms with Crippen LogP contribution in [0.15, 0.2) is 0 Å². The molecule has 2 rings (SSSR count). The second-order valence-electron chi connectivity index (χ2n) is 6.41. The maximum absolute atomic E-state index is 12.0. The van der Waals surface area contributed by atoms with Gasteiger partial charge in [0.25, 0.3) is 0 Å². The first kappa shape index (κ1) is 14.0. The molecule has 2 unspecified atom stereocenters. The van der Waals surface area contributed by atoms with E-state index >= 15 is 0 Å². The molecule has 0 aromatic rings. The first-order chi connectivity index (χ1) is 8.57. The summed E-state index contributed by atoms with van der Waals surface area (Å²) in [5.41, 5.74) is -0.498. The summed E-state index contributed by atoms with van der Waals surface area (Å²) >= 11 is 0. The average molecular weight is 253 g/mol. The summed E-state index contributed by atoms with van der Waals surface area (Å²) in [5.74, 6) is 0.735. The van der Waals surface area contributed by atoms with Crippen molar-refractivity contribution in [2.75, 3.05) is 19.6 Å². The smallest absolute Gasteiger partial charge is 0.137 e. The number of carbonyl (C=O) groups is 1. The Bertz CT molecular complexity index is 288. The van der Waals surface area contributed by atoms with Crippen LogP contribution in [0.3, 0.4) is 0 Å². The van der Waals surface area contributed by atoms with Crippen LogP contribution in [-0.4, -0.2) is 41.0 Å². The molecule has 1 aliphatic carbocycles. The van der Waals surface area contributed by atoms with Crippen molar-refractivity contribution in [2.24, 2.45) is 5.92 Å². The lowest BCUT2D eigenvalue weighted by molar-refractivity contribution is -0.123. The minimum atomic E-state index is -0.498. The van der Waals surface area contributed by atoms with Gasteiger partial charge in [0.15, 0.2) is 0 Å². The molecule has 0 radical (unpaired) electrons. The molecule has 0 amide bonds. The Kier molecular flexibility index (Phi) is 4.79. The number of rotatable bonds is 2. The van der Waals surface area contributed by atoms with E-state index in [0.717, 1.165) is 58.2 Å². The van der Waals surface area contributed by atoms with Crippen LogP contribution in [0.1, 0.15) is 58.3 Å². The lowest BCUT2D eigenvalue weighted by Gasteiger charge is -2.25. The Balaban J connectivity index is 1.86. The summed E-state index contributed by atoms with van der Waals surface area (Å²) in [6.07, 6.45) is 8.16.